The molecule has 0 aliphatic carbocycles. The smallest absolute Gasteiger partial charge is 0.330 e. The van der Waals surface area contributed by atoms with Gasteiger partial charge < -0.3 is 4.74 Å². The number of halogens is 1. The van der Waals surface area contributed by atoms with Crippen LogP contribution in [0.3, 0.4) is 0 Å². The van der Waals surface area contributed by atoms with Gasteiger partial charge in [0, 0.05) is 4.47 Å². The molecule has 1 aromatic rings. The molecule has 1 N–H and O–H groups in total. The summed E-state index contributed by atoms with van der Waals surface area (Å²) in [6.45, 7) is 4.18. The van der Waals surface area contributed by atoms with Gasteiger partial charge in [-0.15, -0.1) is 6.42 Å². The summed E-state index contributed by atoms with van der Waals surface area (Å²) >= 11 is 3.36. The van der Waals surface area contributed by atoms with Crippen LogP contribution in [0, 0.1) is 12.3 Å². The average molecular weight is 310 g/mol. The lowest BCUT2D eigenvalue weighted by molar-refractivity contribution is -0.150. The number of hydrogen-bond donors (Lipinski definition) is 1. The van der Waals surface area contributed by atoms with Gasteiger partial charge in [0.25, 0.3) is 0 Å². The first kappa shape index (κ1) is 14.7. The van der Waals surface area contributed by atoms with Crippen molar-refractivity contribution in [2.24, 2.45) is 0 Å². The monoisotopic (exact) mass is 309 g/mol. The number of terminal acetylenes is 1. The summed E-state index contributed by atoms with van der Waals surface area (Å²) in [5, 5.41) is 3.04. The van der Waals surface area contributed by atoms with E-state index >= 15 is 0 Å². The molecule has 0 aliphatic heterocycles. The highest BCUT2D eigenvalue weighted by molar-refractivity contribution is 9.10. The Bertz CT molecular complexity index is 450. The highest BCUT2D eigenvalue weighted by Crippen LogP contribution is 2.24. The van der Waals surface area contributed by atoms with Crippen LogP contribution < -0.4 is 5.32 Å². The second-order valence-electron chi connectivity index (χ2n) is 3.91. The van der Waals surface area contributed by atoms with Crippen LogP contribution in [0.25, 0.3) is 0 Å². The highest BCUT2D eigenvalue weighted by atomic mass is 79.9. The number of hydrogen-bond acceptors (Lipinski definition) is 3. The molecule has 0 aliphatic rings. The molecule has 3 nitrogen and oxygen atoms in total. The van der Waals surface area contributed by atoms with E-state index in [1.54, 1.807) is 13.8 Å². The van der Waals surface area contributed by atoms with Gasteiger partial charge in [0.15, 0.2) is 0 Å². The zero-order valence-corrected chi connectivity index (χ0v) is 12.1. The van der Waals surface area contributed by atoms with E-state index in [1.807, 2.05) is 24.3 Å². The molecule has 18 heavy (non-hydrogen) atoms. The molecule has 0 bridgehead atoms. The van der Waals surface area contributed by atoms with Gasteiger partial charge in [-0.1, -0.05) is 34.0 Å². The van der Waals surface area contributed by atoms with Gasteiger partial charge in [-0.2, -0.15) is 0 Å². The highest BCUT2D eigenvalue weighted by Gasteiger charge is 2.35. The predicted molar refractivity (Wildman–Crippen MR) is 75.0 cm³/mol. The van der Waals surface area contributed by atoms with Crippen molar-refractivity contribution in [3.63, 3.8) is 0 Å². The van der Waals surface area contributed by atoms with E-state index in [1.165, 1.54) is 0 Å². The molecule has 0 spiro atoms. The van der Waals surface area contributed by atoms with Gasteiger partial charge in [0.05, 0.1) is 13.2 Å². The first-order chi connectivity index (χ1) is 8.54. The third-order valence-corrected chi connectivity index (χ3v) is 3.18. The average Bonchev–Trinajstić information content (AvgIpc) is 2.37. The molecule has 0 radical (unpaired) electrons. The van der Waals surface area contributed by atoms with Crippen molar-refractivity contribution < 1.29 is 9.53 Å². The maximum absolute atomic E-state index is 12.1. The summed E-state index contributed by atoms with van der Waals surface area (Å²) in [4.78, 5) is 12.1. The first-order valence-corrected chi connectivity index (χ1v) is 6.45. The number of carbonyl (C=O) groups excluding carboxylic acids is 1. The lowest BCUT2D eigenvalue weighted by atomic mass is 9.92. The quantitative estimate of drug-likeness (QED) is 0.671. The topological polar surface area (TPSA) is 38.3 Å². The Balaban J connectivity index is 3.07. The van der Waals surface area contributed by atoms with Crippen LogP contribution in [0.5, 0.6) is 0 Å². The molecule has 0 saturated carbocycles. The Labute approximate surface area is 116 Å². The summed E-state index contributed by atoms with van der Waals surface area (Å²) in [5.74, 6) is 2.14. The summed E-state index contributed by atoms with van der Waals surface area (Å²) in [6, 6.07) is 7.49. The fourth-order valence-electron chi connectivity index (χ4n) is 1.58. The van der Waals surface area contributed by atoms with Crippen LogP contribution in [0.4, 0.5) is 0 Å². The van der Waals surface area contributed by atoms with Crippen molar-refractivity contribution >= 4 is 21.9 Å². The van der Waals surface area contributed by atoms with Gasteiger partial charge in [-0.3, -0.25) is 5.32 Å². The third-order valence-electron chi connectivity index (χ3n) is 2.65. The molecule has 0 fully saturated rings. The van der Waals surface area contributed by atoms with Gasteiger partial charge in [0.1, 0.15) is 5.54 Å². The minimum absolute atomic E-state index is 0.297. The number of esters is 1. The van der Waals surface area contributed by atoms with Crippen molar-refractivity contribution in [3.8, 4) is 12.3 Å². The van der Waals surface area contributed by atoms with E-state index in [0.717, 1.165) is 10.0 Å². The van der Waals surface area contributed by atoms with E-state index in [9.17, 15) is 4.79 Å². The SMILES string of the molecule is C#CCNC(C)(C(=O)OCC)c1ccc(Br)cc1. The van der Waals surface area contributed by atoms with Crippen LogP contribution in [-0.2, 0) is 15.1 Å². The van der Waals surface area contributed by atoms with Crippen LogP contribution in [0.1, 0.15) is 19.4 Å². The zero-order chi connectivity index (χ0) is 13.6. The minimum Gasteiger partial charge on any atom is -0.464 e. The van der Waals surface area contributed by atoms with Gasteiger partial charge in [0.2, 0.25) is 0 Å². The van der Waals surface area contributed by atoms with Crippen LogP contribution >= 0.6 is 15.9 Å². The Morgan fingerprint density at radius 2 is 2.11 bits per heavy atom. The summed E-state index contributed by atoms with van der Waals surface area (Å²) in [5.41, 5.74) is -0.109. The number of benzene rings is 1. The van der Waals surface area contributed by atoms with Gasteiger partial charge >= 0.3 is 5.97 Å². The van der Waals surface area contributed by atoms with Crippen molar-refractivity contribution in [2.75, 3.05) is 13.2 Å². The van der Waals surface area contributed by atoms with Crippen molar-refractivity contribution in [2.45, 2.75) is 19.4 Å². The van der Waals surface area contributed by atoms with E-state index in [2.05, 4.69) is 27.2 Å². The first-order valence-electron chi connectivity index (χ1n) is 5.66. The second kappa shape index (κ2) is 6.58. The summed E-state index contributed by atoms with van der Waals surface area (Å²) < 4.78 is 6.06. The molecule has 0 saturated heterocycles. The summed E-state index contributed by atoms with van der Waals surface area (Å²) in [6.07, 6.45) is 5.24. The standard InChI is InChI=1S/C14H16BrNO2/c1-4-10-16-14(3,13(17)18-5-2)11-6-8-12(15)9-7-11/h1,6-9,16H,5,10H2,2-3H3. The largest absolute Gasteiger partial charge is 0.464 e. The summed E-state index contributed by atoms with van der Waals surface area (Å²) in [7, 11) is 0. The molecule has 0 amide bonds. The molecular weight excluding hydrogens is 294 g/mol. The molecule has 4 heteroatoms. The fourth-order valence-corrected chi connectivity index (χ4v) is 1.84. The lowest BCUT2D eigenvalue weighted by Crippen LogP contribution is -2.47. The lowest BCUT2D eigenvalue weighted by Gasteiger charge is -2.28. The maximum atomic E-state index is 12.1. The Hall–Kier alpha value is -1.31. The molecular formula is C14H16BrNO2. The van der Waals surface area contributed by atoms with E-state index < -0.39 is 5.54 Å². The van der Waals surface area contributed by atoms with Crippen molar-refractivity contribution in [1.82, 2.24) is 5.32 Å². The molecule has 0 heterocycles. The molecule has 1 atom stereocenters. The normalized spacial score (nSPS) is 13.4. The second-order valence-corrected chi connectivity index (χ2v) is 4.83. The van der Waals surface area contributed by atoms with Crippen molar-refractivity contribution in [1.29, 1.82) is 0 Å². The fraction of sp³-hybridized carbons (Fsp3) is 0.357. The number of ether oxygens (including phenoxy) is 1. The van der Waals surface area contributed by atoms with Crippen LogP contribution in [-0.4, -0.2) is 19.1 Å². The maximum Gasteiger partial charge on any atom is 0.330 e. The molecule has 1 rings (SSSR count). The third kappa shape index (κ3) is 3.34. The zero-order valence-electron chi connectivity index (χ0n) is 10.5. The minimum atomic E-state index is -0.928. The Morgan fingerprint density at radius 3 is 2.61 bits per heavy atom. The van der Waals surface area contributed by atoms with E-state index in [0.29, 0.717) is 13.2 Å². The number of carbonyl (C=O) groups is 1. The molecule has 1 aromatic carbocycles. The molecule has 96 valence electrons. The van der Waals surface area contributed by atoms with Gasteiger partial charge in [-0.25, -0.2) is 4.79 Å². The van der Waals surface area contributed by atoms with E-state index in [-0.39, 0.29) is 5.97 Å². The van der Waals surface area contributed by atoms with Crippen LogP contribution in [0.2, 0.25) is 0 Å². The number of nitrogens with one attached hydrogen (secondary N) is 1. The van der Waals surface area contributed by atoms with Crippen LogP contribution in [0.15, 0.2) is 28.7 Å². The predicted octanol–water partition coefficient (Wildman–Crippen LogP) is 2.45. The molecule has 1 unspecified atom stereocenters. The van der Waals surface area contributed by atoms with Gasteiger partial charge in [-0.05, 0) is 31.5 Å². The molecule has 0 aromatic heterocycles. The number of rotatable bonds is 5. The Morgan fingerprint density at radius 1 is 1.50 bits per heavy atom. The van der Waals surface area contributed by atoms with E-state index in [4.69, 9.17) is 11.2 Å². The van der Waals surface area contributed by atoms with Crippen molar-refractivity contribution in [3.05, 3.63) is 34.3 Å². The Kier molecular flexibility index (Phi) is 5.39.